The van der Waals surface area contributed by atoms with Crippen molar-refractivity contribution in [3.8, 4) is 12.3 Å². The summed E-state index contributed by atoms with van der Waals surface area (Å²) in [6.45, 7) is -0.951. The lowest BCUT2D eigenvalue weighted by atomic mass is 10.1. The molecule has 0 aliphatic rings. The van der Waals surface area contributed by atoms with Gasteiger partial charge in [-0.3, -0.25) is 4.79 Å². The summed E-state index contributed by atoms with van der Waals surface area (Å²) >= 11 is 9.04. The van der Waals surface area contributed by atoms with E-state index in [0.717, 1.165) is 0 Å². The maximum atomic E-state index is 14.5. The fourth-order valence-corrected chi connectivity index (χ4v) is 4.73. The van der Waals surface area contributed by atoms with E-state index in [-0.39, 0.29) is 24.2 Å². The highest BCUT2D eigenvalue weighted by Gasteiger charge is 2.42. The zero-order chi connectivity index (χ0) is 25.0. The lowest BCUT2D eigenvalue weighted by Gasteiger charge is -2.21. The van der Waals surface area contributed by atoms with E-state index in [0.29, 0.717) is 30.2 Å². The lowest BCUT2D eigenvalue weighted by Crippen LogP contribution is -2.41. The van der Waals surface area contributed by atoms with Crippen LogP contribution in [0, 0.1) is 18.2 Å². The molecule has 0 radical (unpaired) electrons. The van der Waals surface area contributed by atoms with Crippen molar-refractivity contribution in [3.05, 3.63) is 63.0 Å². The number of aromatic nitrogens is 1. The number of fused-ring (bicyclic) bond motifs is 1. The van der Waals surface area contributed by atoms with Crippen LogP contribution in [0.5, 0.6) is 0 Å². The number of rotatable bonds is 8. The molecule has 0 bridgehead atoms. The fourth-order valence-electron chi connectivity index (χ4n) is 3.34. The summed E-state index contributed by atoms with van der Waals surface area (Å²) in [4.78, 5) is 15.6. The molecule has 2 aromatic carbocycles. The van der Waals surface area contributed by atoms with Crippen LogP contribution in [0.1, 0.15) is 11.3 Å². The standard InChI is InChI=1S/C22H17BrClF4N3O2S/c1-2-9-31(21(32)22(26,27)28)12-19-16(17-10-13(23)11-18(25)20(17)30-19)7-8-29-34(33)15-5-3-14(24)4-6-15/h1,3-6,10-11,29-30H,7-9,12H2. The molecule has 5 nitrogen and oxygen atoms in total. The Hall–Kier alpha value is -2.39. The molecule has 1 aromatic heterocycles. The molecule has 1 unspecified atom stereocenters. The van der Waals surface area contributed by atoms with Crippen LogP contribution in [0.4, 0.5) is 17.6 Å². The van der Waals surface area contributed by atoms with E-state index in [4.69, 9.17) is 18.0 Å². The number of carbonyl (C=O) groups is 1. The Labute approximate surface area is 208 Å². The number of benzene rings is 2. The first-order chi connectivity index (χ1) is 16.0. The van der Waals surface area contributed by atoms with E-state index in [1.165, 1.54) is 6.07 Å². The van der Waals surface area contributed by atoms with E-state index in [1.54, 1.807) is 30.3 Å². The fraction of sp³-hybridized carbons (Fsp3) is 0.227. The second kappa shape index (κ2) is 10.9. The van der Waals surface area contributed by atoms with Crippen molar-refractivity contribution in [1.82, 2.24) is 14.6 Å². The monoisotopic (exact) mass is 577 g/mol. The van der Waals surface area contributed by atoms with Gasteiger partial charge in [0.1, 0.15) is 16.8 Å². The Morgan fingerprint density at radius 2 is 1.94 bits per heavy atom. The molecule has 3 rings (SSSR count). The first-order valence-corrected chi connectivity index (χ1v) is 12.0. The third kappa shape index (κ3) is 6.18. The predicted molar refractivity (Wildman–Crippen MR) is 126 cm³/mol. The van der Waals surface area contributed by atoms with Crippen molar-refractivity contribution in [2.75, 3.05) is 13.1 Å². The number of nitrogens with one attached hydrogen (secondary N) is 2. The SMILES string of the molecule is C#CCN(Cc1[nH]c2c(F)cc(Br)cc2c1CCNS(=O)c1ccc(Cl)cc1)C(=O)C(F)(F)F. The highest BCUT2D eigenvalue weighted by Crippen LogP contribution is 2.30. The molecule has 34 heavy (non-hydrogen) atoms. The molecule has 1 heterocycles. The number of aromatic amines is 1. The summed E-state index contributed by atoms with van der Waals surface area (Å²) in [6.07, 6.45) is 0.218. The minimum atomic E-state index is -5.12. The molecule has 0 aliphatic heterocycles. The number of alkyl halides is 3. The summed E-state index contributed by atoms with van der Waals surface area (Å²) in [5.41, 5.74) is 0.735. The highest BCUT2D eigenvalue weighted by molar-refractivity contribution is 9.10. The number of carbonyl (C=O) groups excluding carboxylic acids is 1. The Bertz CT molecular complexity index is 1270. The quantitative estimate of drug-likeness (QED) is 0.289. The average Bonchev–Trinajstić information content (AvgIpc) is 3.10. The van der Waals surface area contributed by atoms with Gasteiger partial charge in [0.25, 0.3) is 0 Å². The van der Waals surface area contributed by atoms with Crippen LogP contribution < -0.4 is 4.72 Å². The largest absolute Gasteiger partial charge is 0.471 e. The molecule has 1 atom stereocenters. The van der Waals surface area contributed by atoms with Gasteiger partial charge in [-0.05, 0) is 48.4 Å². The minimum absolute atomic E-state index is 0.0761. The van der Waals surface area contributed by atoms with Crippen LogP contribution in [0.15, 0.2) is 45.8 Å². The van der Waals surface area contributed by atoms with Crippen molar-refractivity contribution in [1.29, 1.82) is 0 Å². The Morgan fingerprint density at radius 1 is 1.26 bits per heavy atom. The van der Waals surface area contributed by atoms with Gasteiger partial charge in [-0.2, -0.15) is 13.2 Å². The molecule has 12 heteroatoms. The van der Waals surface area contributed by atoms with Gasteiger partial charge in [0.2, 0.25) is 0 Å². The summed E-state index contributed by atoms with van der Waals surface area (Å²) in [5.74, 6) is -0.681. The number of hydrogen-bond donors (Lipinski definition) is 2. The van der Waals surface area contributed by atoms with E-state index < -0.39 is 42.0 Å². The second-order valence-electron chi connectivity index (χ2n) is 7.12. The number of amides is 1. The van der Waals surface area contributed by atoms with Gasteiger partial charge >= 0.3 is 12.1 Å². The maximum Gasteiger partial charge on any atom is 0.471 e. The number of nitrogens with zero attached hydrogens (tertiary/aromatic N) is 1. The maximum absolute atomic E-state index is 14.5. The first-order valence-electron chi connectivity index (χ1n) is 9.70. The molecule has 0 fully saturated rings. The average molecular weight is 579 g/mol. The first kappa shape index (κ1) is 26.2. The summed E-state index contributed by atoms with van der Waals surface area (Å²) in [5, 5.41) is 0.905. The van der Waals surface area contributed by atoms with Crippen molar-refractivity contribution < 1.29 is 26.6 Å². The van der Waals surface area contributed by atoms with E-state index >= 15 is 0 Å². The molecular weight excluding hydrogens is 562 g/mol. The van der Waals surface area contributed by atoms with E-state index in [9.17, 15) is 26.6 Å². The lowest BCUT2D eigenvalue weighted by molar-refractivity contribution is -0.185. The van der Waals surface area contributed by atoms with Crippen LogP contribution in [-0.2, 0) is 28.7 Å². The van der Waals surface area contributed by atoms with Gasteiger partial charge in [-0.15, -0.1) is 6.42 Å². The topological polar surface area (TPSA) is 65.2 Å². The molecule has 0 aliphatic carbocycles. The Balaban J connectivity index is 1.90. The second-order valence-corrected chi connectivity index (χ2v) is 9.77. The number of terminal acetylenes is 1. The molecular formula is C22H17BrClF4N3O2S. The van der Waals surface area contributed by atoms with Crippen molar-refractivity contribution >= 4 is 55.3 Å². The van der Waals surface area contributed by atoms with Gasteiger partial charge < -0.3 is 9.88 Å². The smallest absolute Gasteiger partial charge is 0.354 e. The van der Waals surface area contributed by atoms with Gasteiger partial charge in [0.15, 0.2) is 0 Å². The van der Waals surface area contributed by atoms with Gasteiger partial charge in [0, 0.05) is 27.1 Å². The molecule has 2 N–H and O–H groups in total. The molecule has 1 amide bonds. The number of hydrogen-bond acceptors (Lipinski definition) is 2. The van der Waals surface area contributed by atoms with Crippen molar-refractivity contribution in [3.63, 3.8) is 0 Å². The van der Waals surface area contributed by atoms with Crippen molar-refractivity contribution in [2.24, 2.45) is 0 Å². The van der Waals surface area contributed by atoms with Crippen LogP contribution in [0.25, 0.3) is 10.9 Å². The van der Waals surface area contributed by atoms with Crippen LogP contribution in [0.3, 0.4) is 0 Å². The Kier molecular flexibility index (Phi) is 8.41. The molecule has 3 aromatic rings. The third-order valence-electron chi connectivity index (χ3n) is 4.82. The van der Waals surface area contributed by atoms with Gasteiger partial charge in [-0.1, -0.05) is 33.5 Å². The van der Waals surface area contributed by atoms with Crippen LogP contribution >= 0.6 is 27.5 Å². The highest BCUT2D eigenvalue weighted by atomic mass is 79.9. The Morgan fingerprint density at radius 3 is 2.56 bits per heavy atom. The van der Waals surface area contributed by atoms with Gasteiger partial charge in [-0.25, -0.2) is 13.3 Å². The zero-order valence-electron chi connectivity index (χ0n) is 17.3. The zero-order valence-corrected chi connectivity index (χ0v) is 20.5. The molecule has 0 spiro atoms. The third-order valence-corrected chi connectivity index (χ3v) is 6.69. The number of halogens is 6. The molecule has 180 valence electrons. The van der Waals surface area contributed by atoms with E-state index in [2.05, 4.69) is 25.6 Å². The number of H-pyrrole nitrogens is 1. The predicted octanol–water partition coefficient (Wildman–Crippen LogP) is 5.10. The van der Waals surface area contributed by atoms with Gasteiger partial charge in [0.05, 0.1) is 23.5 Å². The van der Waals surface area contributed by atoms with E-state index in [1.807, 2.05) is 5.92 Å². The molecule has 0 saturated heterocycles. The summed E-state index contributed by atoms with van der Waals surface area (Å²) in [6, 6.07) is 9.19. The van der Waals surface area contributed by atoms with Crippen LogP contribution in [0.2, 0.25) is 5.02 Å². The normalized spacial score (nSPS) is 12.5. The van der Waals surface area contributed by atoms with Crippen LogP contribution in [-0.4, -0.2) is 39.3 Å². The van der Waals surface area contributed by atoms with Crippen molar-refractivity contribution in [2.45, 2.75) is 24.0 Å². The molecule has 0 saturated carbocycles. The summed E-state index contributed by atoms with van der Waals surface area (Å²) in [7, 11) is -1.58. The minimum Gasteiger partial charge on any atom is -0.354 e. The summed E-state index contributed by atoms with van der Waals surface area (Å²) < 4.78 is 69.4.